The molecule has 3 rings (SSSR count). The Bertz CT molecular complexity index is 732. The summed E-state index contributed by atoms with van der Waals surface area (Å²) in [5.74, 6) is 1.06. The molecule has 2 heterocycles. The van der Waals surface area contributed by atoms with Crippen molar-refractivity contribution in [3.05, 3.63) is 51.4 Å². The molecule has 3 nitrogen and oxygen atoms in total. The van der Waals surface area contributed by atoms with E-state index in [1.165, 1.54) is 4.88 Å². The first-order chi connectivity index (χ1) is 9.74. The summed E-state index contributed by atoms with van der Waals surface area (Å²) in [5.41, 5.74) is 8.18. The summed E-state index contributed by atoms with van der Waals surface area (Å²) < 4.78 is 3.04. The Labute approximate surface area is 127 Å². The van der Waals surface area contributed by atoms with Crippen molar-refractivity contribution in [1.29, 1.82) is 0 Å². The molecular formula is C15H16ClN3S. The lowest BCUT2D eigenvalue weighted by Gasteiger charge is -2.18. The van der Waals surface area contributed by atoms with E-state index in [0.29, 0.717) is 6.54 Å². The summed E-state index contributed by atoms with van der Waals surface area (Å²) in [5, 5.41) is 0. The fraction of sp³-hybridized carbons (Fsp3) is 0.267. The van der Waals surface area contributed by atoms with Gasteiger partial charge in [-0.3, -0.25) is 0 Å². The molecule has 0 aliphatic heterocycles. The van der Waals surface area contributed by atoms with Gasteiger partial charge in [0.05, 0.1) is 21.4 Å². The zero-order valence-electron chi connectivity index (χ0n) is 11.2. The van der Waals surface area contributed by atoms with Gasteiger partial charge < -0.3 is 10.3 Å². The van der Waals surface area contributed by atoms with Gasteiger partial charge in [-0.05, 0) is 24.3 Å². The van der Waals surface area contributed by atoms with Crippen LogP contribution in [0.1, 0.15) is 23.7 Å². The first kappa shape index (κ1) is 13.6. The van der Waals surface area contributed by atoms with Crippen molar-refractivity contribution in [2.75, 3.05) is 6.54 Å². The summed E-state index contributed by atoms with van der Waals surface area (Å²) in [7, 11) is 0. The van der Waals surface area contributed by atoms with Gasteiger partial charge in [0.25, 0.3) is 0 Å². The molecule has 1 unspecified atom stereocenters. The highest BCUT2D eigenvalue weighted by Gasteiger charge is 2.20. The normalized spacial score (nSPS) is 12.9. The third-order valence-electron chi connectivity index (χ3n) is 3.44. The lowest BCUT2D eigenvalue weighted by Crippen LogP contribution is -2.21. The van der Waals surface area contributed by atoms with Gasteiger partial charge >= 0.3 is 0 Å². The molecule has 3 aromatic rings. The summed E-state index contributed by atoms with van der Waals surface area (Å²) in [4.78, 5) is 5.89. The van der Waals surface area contributed by atoms with E-state index >= 15 is 0 Å². The third kappa shape index (κ3) is 2.24. The number of hydrogen-bond acceptors (Lipinski definition) is 3. The first-order valence-electron chi connectivity index (χ1n) is 6.65. The SMILES string of the molecule is CCc1nc2ccccc2n1C(CN)c1ccc(Cl)s1. The van der Waals surface area contributed by atoms with Crippen molar-refractivity contribution in [1.82, 2.24) is 9.55 Å². The summed E-state index contributed by atoms with van der Waals surface area (Å²) in [6, 6.07) is 12.3. The van der Waals surface area contributed by atoms with Crippen LogP contribution in [0.5, 0.6) is 0 Å². The van der Waals surface area contributed by atoms with Crippen LogP contribution in [0, 0.1) is 0 Å². The summed E-state index contributed by atoms with van der Waals surface area (Å²) >= 11 is 7.65. The number of hydrogen-bond donors (Lipinski definition) is 1. The Hall–Kier alpha value is -1.36. The van der Waals surface area contributed by atoms with Crippen LogP contribution in [0.15, 0.2) is 36.4 Å². The van der Waals surface area contributed by atoms with Crippen LogP contribution in [-0.2, 0) is 6.42 Å². The van der Waals surface area contributed by atoms with Gasteiger partial charge in [-0.15, -0.1) is 11.3 Å². The molecule has 1 atom stereocenters. The molecule has 20 heavy (non-hydrogen) atoms. The third-order valence-corrected chi connectivity index (χ3v) is 4.77. The predicted octanol–water partition coefficient (Wildman–Crippen LogP) is 3.86. The quantitative estimate of drug-likeness (QED) is 0.795. The Kier molecular flexibility index (Phi) is 3.78. The highest BCUT2D eigenvalue weighted by molar-refractivity contribution is 7.16. The minimum absolute atomic E-state index is 0.0925. The lowest BCUT2D eigenvalue weighted by atomic mass is 10.2. The largest absolute Gasteiger partial charge is 0.328 e. The molecule has 0 spiro atoms. The van der Waals surface area contributed by atoms with Crippen molar-refractivity contribution in [3.8, 4) is 0 Å². The standard InChI is InChI=1S/C15H16ClN3S/c1-2-15-18-10-5-3-4-6-11(10)19(15)12(9-17)13-7-8-14(16)20-13/h3-8,12H,2,9,17H2,1H3. The minimum atomic E-state index is 0.0925. The van der Waals surface area contributed by atoms with Gasteiger partial charge in [-0.1, -0.05) is 30.7 Å². The highest BCUT2D eigenvalue weighted by Crippen LogP contribution is 2.32. The maximum Gasteiger partial charge on any atom is 0.110 e. The molecule has 0 saturated carbocycles. The zero-order valence-corrected chi connectivity index (χ0v) is 12.8. The predicted molar refractivity (Wildman–Crippen MR) is 85.6 cm³/mol. The number of rotatable bonds is 4. The molecule has 104 valence electrons. The number of imidazole rings is 1. The Morgan fingerprint density at radius 1 is 1.30 bits per heavy atom. The molecule has 0 amide bonds. The van der Waals surface area contributed by atoms with Crippen LogP contribution < -0.4 is 5.73 Å². The number of fused-ring (bicyclic) bond motifs is 1. The molecular weight excluding hydrogens is 290 g/mol. The Balaban J connectivity index is 2.20. The molecule has 0 bridgehead atoms. The van der Waals surface area contributed by atoms with Crippen LogP contribution >= 0.6 is 22.9 Å². The van der Waals surface area contributed by atoms with Crippen LogP contribution in [0.2, 0.25) is 4.34 Å². The van der Waals surface area contributed by atoms with Crippen LogP contribution in [-0.4, -0.2) is 16.1 Å². The number of para-hydroxylation sites is 2. The number of thiophene rings is 1. The lowest BCUT2D eigenvalue weighted by molar-refractivity contribution is 0.592. The van der Waals surface area contributed by atoms with Gasteiger partial charge in [0, 0.05) is 17.8 Å². The number of benzene rings is 1. The molecule has 2 aromatic heterocycles. The maximum atomic E-state index is 6.07. The number of aryl methyl sites for hydroxylation is 1. The molecule has 0 fully saturated rings. The highest BCUT2D eigenvalue weighted by atomic mass is 35.5. The van der Waals surface area contributed by atoms with Crippen LogP contribution in [0.4, 0.5) is 0 Å². The summed E-state index contributed by atoms with van der Waals surface area (Å²) in [6.07, 6.45) is 0.879. The average Bonchev–Trinajstić information content (AvgIpc) is 3.05. The fourth-order valence-electron chi connectivity index (χ4n) is 2.55. The van der Waals surface area contributed by atoms with Crippen molar-refractivity contribution in [3.63, 3.8) is 0 Å². The van der Waals surface area contributed by atoms with Gasteiger partial charge in [-0.2, -0.15) is 0 Å². The van der Waals surface area contributed by atoms with E-state index in [4.69, 9.17) is 22.3 Å². The average molecular weight is 306 g/mol. The number of halogens is 1. The molecule has 0 aliphatic carbocycles. The van der Waals surface area contributed by atoms with Crippen molar-refractivity contribution in [2.45, 2.75) is 19.4 Å². The first-order valence-corrected chi connectivity index (χ1v) is 7.85. The monoisotopic (exact) mass is 305 g/mol. The Morgan fingerprint density at radius 3 is 2.75 bits per heavy atom. The van der Waals surface area contributed by atoms with Gasteiger partial charge in [-0.25, -0.2) is 4.98 Å². The zero-order chi connectivity index (χ0) is 14.1. The molecule has 0 radical (unpaired) electrons. The van der Waals surface area contributed by atoms with E-state index < -0.39 is 0 Å². The Morgan fingerprint density at radius 2 is 2.10 bits per heavy atom. The second-order valence-electron chi connectivity index (χ2n) is 4.63. The maximum absolute atomic E-state index is 6.07. The minimum Gasteiger partial charge on any atom is -0.328 e. The van der Waals surface area contributed by atoms with E-state index in [9.17, 15) is 0 Å². The van der Waals surface area contributed by atoms with E-state index in [0.717, 1.165) is 27.6 Å². The van der Waals surface area contributed by atoms with E-state index in [1.54, 1.807) is 11.3 Å². The number of nitrogens with zero attached hydrogens (tertiary/aromatic N) is 2. The van der Waals surface area contributed by atoms with E-state index in [2.05, 4.69) is 23.6 Å². The van der Waals surface area contributed by atoms with E-state index in [-0.39, 0.29) is 6.04 Å². The van der Waals surface area contributed by atoms with Crippen molar-refractivity contribution < 1.29 is 0 Å². The van der Waals surface area contributed by atoms with Gasteiger partial charge in [0.1, 0.15) is 5.82 Å². The molecule has 2 N–H and O–H groups in total. The molecule has 5 heteroatoms. The van der Waals surface area contributed by atoms with Crippen LogP contribution in [0.25, 0.3) is 11.0 Å². The topological polar surface area (TPSA) is 43.8 Å². The number of aromatic nitrogens is 2. The van der Waals surface area contributed by atoms with Gasteiger partial charge in [0.2, 0.25) is 0 Å². The van der Waals surface area contributed by atoms with Crippen molar-refractivity contribution in [2.24, 2.45) is 5.73 Å². The number of nitrogens with two attached hydrogens (primary N) is 1. The summed E-state index contributed by atoms with van der Waals surface area (Å²) in [6.45, 7) is 2.65. The smallest absolute Gasteiger partial charge is 0.110 e. The molecule has 0 saturated heterocycles. The molecule has 1 aromatic carbocycles. The van der Waals surface area contributed by atoms with Crippen molar-refractivity contribution >= 4 is 34.0 Å². The second kappa shape index (κ2) is 5.56. The van der Waals surface area contributed by atoms with Crippen LogP contribution in [0.3, 0.4) is 0 Å². The second-order valence-corrected chi connectivity index (χ2v) is 6.38. The fourth-order valence-corrected chi connectivity index (χ4v) is 3.71. The van der Waals surface area contributed by atoms with Gasteiger partial charge in [0.15, 0.2) is 0 Å². The van der Waals surface area contributed by atoms with E-state index in [1.807, 2.05) is 24.3 Å². The molecule has 0 aliphatic rings.